The Morgan fingerprint density at radius 3 is 2.47 bits per heavy atom. The van der Waals surface area contributed by atoms with E-state index in [-0.39, 0.29) is 11.4 Å². The van der Waals surface area contributed by atoms with Gasteiger partial charge >= 0.3 is 5.97 Å². The molecule has 3 heteroatoms. The molecule has 1 aromatic carbocycles. The number of nitrogens with two attached hydrogens (primary N) is 1. The molecule has 0 aliphatic rings. The second-order valence-corrected chi connectivity index (χ2v) is 5.58. The fourth-order valence-electron chi connectivity index (χ4n) is 1.46. The number of esters is 1. The molecule has 0 aliphatic heterocycles. The first kappa shape index (κ1) is 13.6. The van der Waals surface area contributed by atoms with E-state index in [4.69, 9.17) is 10.5 Å². The summed E-state index contributed by atoms with van der Waals surface area (Å²) in [5.41, 5.74) is 7.94. The Morgan fingerprint density at radius 2 is 1.94 bits per heavy atom. The van der Waals surface area contributed by atoms with E-state index in [2.05, 4.69) is 20.8 Å². The quantitative estimate of drug-likeness (QED) is 0.646. The van der Waals surface area contributed by atoms with Crippen molar-refractivity contribution in [1.29, 1.82) is 0 Å². The van der Waals surface area contributed by atoms with Crippen molar-refractivity contribution in [2.45, 2.75) is 34.1 Å². The lowest BCUT2D eigenvalue weighted by Gasteiger charge is -2.17. The van der Waals surface area contributed by atoms with E-state index in [0.717, 1.165) is 12.0 Å². The van der Waals surface area contributed by atoms with Crippen molar-refractivity contribution in [3.8, 4) is 0 Å². The largest absolute Gasteiger partial charge is 0.462 e. The first-order valence-electron chi connectivity index (χ1n) is 5.82. The molecule has 1 rings (SSSR count). The van der Waals surface area contributed by atoms with Crippen molar-refractivity contribution in [3.63, 3.8) is 0 Å². The Balaban J connectivity index is 2.58. The van der Waals surface area contributed by atoms with Gasteiger partial charge in [-0.15, -0.1) is 0 Å². The van der Waals surface area contributed by atoms with Crippen molar-refractivity contribution in [1.82, 2.24) is 0 Å². The van der Waals surface area contributed by atoms with Gasteiger partial charge in [0, 0.05) is 5.69 Å². The highest BCUT2D eigenvalue weighted by atomic mass is 16.5. The zero-order chi connectivity index (χ0) is 13.1. The van der Waals surface area contributed by atoms with Gasteiger partial charge in [0.25, 0.3) is 0 Å². The lowest BCUT2D eigenvalue weighted by atomic mass is 9.93. The van der Waals surface area contributed by atoms with Crippen molar-refractivity contribution >= 4 is 11.7 Å². The fourth-order valence-corrected chi connectivity index (χ4v) is 1.46. The summed E-state index contributed by atoms with van der Waals surface area (Å²) in [5.74, 6) is -0.301. The predicted molar refractivity (Wildman–Crippen MR) is 69.9 cm³/mol. The molecule has 0 bridgehead atoms. The lowest BCUT2D eigenvalue weighted by Crippen LogP contribution is -2.13. The molecule has 0 heterocycles. The molecule has 0 radical (unpaired) electrons. The van der Waals surface area contributed by atoms with Crippen LogP contribution in [-0.2, 0) is 4.74 Å². The number of benzene rings is 1. The van der Waals surface area contributed by atoms with Gasteiger partial charge < -0.3 is 10.5 Å². The Bertz CT molecular complexity index is 385. The van der Waals surface area contributed by atoms with E-state index in [1.807, 2.05) is 13.0 Å². The molecule has 0 saturated heterocycles. The minimum absolute atomic E-state index is 0.173. The second-order valence-electron chi connectivity index (χ2n) is 5.58. The zero-order valence-corrected chi connectivity index (χ0v) is 11.0. The highest BCUT2D eigenvalue weighted by Crippen LogP contribution is 2.19. The zero-order valence-electron chi connectivity index (χ0n) is 11.0. The third kappa shape index (κ3) is 4.89. The van der Waals surface area contributed by atoms with Crippen molar-refractivity contribution in [2.75, 3.05) is 12.3 Å². The van der Waals surface area contributed by atoms with Gasteiger partial charge in [-0.2, -0.15) is 0 Å². The van der Waals surface area contributed by atoms with Crippen LogP contribution in [0.4, 0.5) is 5.69 Å². The summed E-state index contributed by atoms with van der Waals surface area (Å²) in [4.78, 5) is 11.8. The number of rotatable bonds is 3. The predicted octanol–water partition coefficient (Wildman–Crippen LogP) is 3.17. The third-order valence-electron chi connectivity index (χ3n) is 2.42. The number of carbonyl (C=O) groups is 1. The van der Waals surface area contributed by atoms with Gasteiger partial charge in [-0.1, -0.05) is 20.8 Å². The lowest BCUT2D eigenvalue weighted by molar-refractivity contribution is 0.0465. The number of hydrogen-bond donors (Lipinski definition) is 1. The van der Waals surface area contributed by atoms with Gasteiger partial charge in [0.15, 0.2) is 0 Å². The normalized spacial score (nSPS) is 11.3. The van der Waals surface area contributed by atoms with Crippen molar-refractivity contribution in [3.05, 3.63) is 29.3 Å². The maximum absolute atomic E-state index is 11.8. The Labute approximate surface area is 103 Å². The van der Waals surface area contributed by atoms with E-state index in [1.54, 1.807) is 12.1 Å². The summed E-state index contributed by atoms with van der Waals surface area (Å²) >= 11 is 0. The molecule has 0 aliphatic carbocycles. The van der Waals surface area contributed by atoms with Gasteiger partial charge in [-0.25, -0.2) is 4.79 Å². The monoisotopic (exact) mass is 235 g/mol. The summed E-state index contributed by atoms with van der Waals surface area (Å²) in [6.07, 6.45) is 0.847. The van der Waals surface area contributed by atoms with Crippen molar-refractivity contribution < 1.29 is 9.53 Å². The average molecular weight is 235 g/mol. The molecule has 0 aromatic heterocycles. The minimum Gasteiger partial charge on any atom is -0.462 e. The molecular formula is C14H21NO2. The number of ether oxygens (including phenoxy) is 1. The van der Waals surface area contributed by atoms with Crippen LogP contribution in [0.25, 0.3) is 0 Å². The first-order valence-corrected chi connectivity index (χ1v) is 5.82. The number of carbonyl (C=O) groups excluding carboxylic acids is 1. The summed E-state index contributed by atoms with van der Waals surface area (Å²) in [5, 5.41) is 0. The molecule has 1 aromatic rings. The standard InChI is InChI=1S/C14H21NO2/c1-10-7-11(9-12(15)8-10)13(16)17-6-5-14(2,3)4/h7-9H,5-6,15H2,1-4H3. The van der Waals surface area contributed by atoms with E-state index in [9.17, 15) is 4.79 Å². The minimum atomic E-state index is -0.301. The fraction of sp³-hybridized carbons (Fsp3) is 0.500. The molecule has 2 N–H and O–H groups in total. The number of hydrogen-bond acceptors (Lipinski definition) is 3. The molecular weight excluding hydrogens is 214 g/mol. The highest BCUT2D eigenvalue weighted by Gasteiger charge is 2.13. The summed E-state index contributed by atoms with van der Waals surface area (Å²) in [6, 6.07) is 5.26. The summed E-state index contributed by atoms with van der Waals surface area (Å²) in [6.45, 7) is 8.70. The van der Waals surface area contributed by atoms with Crippen LogP contribution in [0.3, 0.4) is 0 Å². The molecule has 17 heavy (non-hydrogen) atoms. The third-order valence-corrected chi connectivity index (χ3v) is 2.42. The SMILES string of the molecule is Cc1cc(N)cc(C(=O)OCCC(C)(C)C)c1. The topological polar surface area (TPSA) is 52.3 Å². The van der Waals surface area contributed by atoms with E-state index >= 15 is 0 Å². The van der Waals surface area contributed by atoms with Crippen LogP contribution < -0.4 is 5.73 Å². The Morgan fingerprint density at radius 1 is 1.29 bits per heavy atom. The highest BCUT2D eigenvalue weighted by molar-refractivity contribution is 5.90. The molecule has 0 spiro atoms. The molecule has 0 atom stereocenters. The van der Waals surface area contributed by atoms with Crippen LogP contribution >= 0.6 is 0 Å². The molecule has 0 saturated carbocycles. The first-order chi connectivity index (χ1) is 7.78. The van der Waals surface area contributed by atoms with Crippen LogP contribution in [0.5, 0.6) is 0 Å². The van der Waals surface area contributed by atoms with Gasteiger partial charge in [-0.05, 0) is 42.5 Å². The number of aryl methyl sites for hydroxylation is 1. The number of nitrogen functional groups attached to an aromatic ring is 1. The van der Waals surface area contributed by atoms with Gasteiger partial charge in [0.05, 0.1) is 12.2 Å². The maximum Gasteiger partial charge on any atom is 0.338 e. The van der Waals surface area contributed by atoms with Gasteiger partial charge in [-0.3, -0.25) is 0 Å². The van der Waals surface area contributed by atoms with Crippen LogP contribution in [0.1, 0.15) is 43.1 Å². The van der Waals surface area contributed by atoms with Crippen LogP contribution in [0.15, 0.2) is 18.2 Å². The summed E-state index contributed by atoms with van der Waals surface area (Å²) < 4.78 is 5.22. The van der Waals surface area contributed by atoms with E-state index in [1.165, 1.54) is 0 Å². The molecule has 0 amide bonds. The molecule has 0 fully saturated rings. The van der Waals surface area contributed by atoms with Crippen LogP contribution in [0.2, 0.25) is 0 Å². The van der Waals surface area contributed by atoms with E-state index < -0.39 is 0 Å². The molecule has 0 unspecified atom stereocenters. The smallest absolute Gasteiger partial charge is 0.338 e. The molecule has 94 valence electrons. The maximum atomic E-state index is 11.8. The van der Waals surface area contributed by atoms with Gasteiger partial charge in [0.2, 0.25) is 0 Å². The van der Waals surface area contributed by atoms with Gasteiger partial charge in [0.1, 0.15) is 0 Å². The Kier molecular flexibility index (Phi) is 4.16. The number of anilines is 1. The Hall–Kier alpha value is -1.51. The second kappa shape index (κ2) is 5.21. The molecule has 3 nitrogen and oxygen atoms in total. The average Bonchev–Trinajstić information content (AvgIpc) is 2.13. The van der Waals surface area contributed by atoms with Crippen LogP contribution in [0, 0.1) is 12.3 Å². The van der Waals surface area contributed by atoms with Crippen molar-refractivity contribution in [2.24, 2.45) is 5.41 Å². The summed E-state index contributed by atoms with van der Waals surface area (Å²) in [7, 11) is 0. The van der Waals surface area contributed by atoms with E-state index in [0.29, 0.717) is 17.9 Å². The van der Waals surface area contributed by atoms with Crippen LogP contribution in [-0.4, -0.2) is 12.6 Å².